The standard InChI is InChI=1S/C10H15FN4O9P2/c11-3-5-8(16)6(4-23-26(21,22)14-25(18,19)20)24-9(5)15-2-1-7(12)13-10(15)17/h1-3,6,8-9,16H,4H2,(H2,12,13,17)(H4,14,18,19,20,21,22)/b5-3+/t6-,8-,9-/m1/s1. The lowest BCUT2D eigenvalue weighted by molar-refractivity contribution is -0.0413. The molecule has 0 spiro atoms. The van der Waals surface area contributed by atoms with E-state index in [-0.39, 0.29) is 12.1 Å². The molecular formula is C10H15FN4O9P2. The molecule has 26 heavy (non-hydrogen) atoms. The highest BCUT2D eigenvalue weighted by Crippen LogP contribution is 2.49. The molecule has 1 aliphatic heterocycles. The fourth-order valence-corrected chi connectivity index (χ4v) is 4.02. The molecule has 1 aromatic rings. The maximum Gasteiger partial charge on any atom is 0.412 e. The van der Waals surface area contributed by atoms with Gasteiger partial charge in [-0.2, -0.15) is 4.98 Å². The lowest BCUT2D eigenvalue weighted by Gasteiger charge is -2.18. The average molecular weight is 416 g/mol. The van der Waals surface area contributed by atoms with Crippen LogP contribution >= 0.6 is 15.5 Å². The Kier molecular flexibility index (Phi) is 6.13. The highest BCUT2D eigenvalue weighted by molar-refractivity contribution is 7.66. The summed E-state index contributed by atoms with van der Waals surface area (Å²) in [6.45, 7) is -0.854. The zero-order valence-corrected chi connectivity index (χ0v) is 14.5. The summed E-state index contributed by atoms with van der Waals surface area (Å²) in [5.74, 6) is -0.0970. The van der Waals surface area contributed by atoms with Crippen LogP contribution in [0.3, 0.4) is 0 Å². The molecule has 0 amide bonds. The van der Waals surface area contributed by atoms with Gasteiger partial charge < -0.3 is 30.3 Å². The Bertz CT molecular complexity index is 855. The lowest BCUT2D eigenvalue weighted by atomic mass is 10.1. The number of nitrogen functional groups attached to an aromatic ring is 1. The normalized spacial score (nSPS) is 27.6. The van der Waals surface area contributed by atoms with Crippen molar-refractivity contribution in [3.05, 3.63) is 34.7 Å². The largest absolute Gasteiger partial charge is 0.412 e. The minimum Gasteiger partial charge on any atom is -0.386 e. The SMILES string of the molecule is Nc1ccn([C@@H]2O[C@H](COP(=O)(O)NP(=O)(O)O)[C@H](O)/C2=C\F)c(=O)n1. The van der Waals surface area contributed by atoms with Gasteiger partial charge in [0.25, 0.3) is 0 Å². The van der Waals surface area contributed by atoms with E-state index < -0.39 is 51.8 Å². The van der Waals surface area contributed by atoms with Crippen LogP contribution in [0.5, 0.6) is 0 Å². The van der Waals surface area contributed by atoms with Gasteiger partial charge in [0, 0.05) is 11.8 Å². The Morgan fingerprint density at radius 3 is 2.65 bits per heavy atom. The number of aliphatic hydroxyl groups is 1. The fraction of sp³-hybridized carbons (Fsp3) is 0.400. The first kappa shape index (κ1) is 20.8. The maximum absolute atomic E-state index is 13.1. The van der Waals surface area contributed by atoms with Gasteiger partial charge >= 0.3 is 21.2 Å². The van der Waals surface area contributed by atoms with E-state index in [4.69, 9.17) is 20.3 Å². The number of nitrogens with two attached hydrogens (primary N) is 1. The van der Waals surface area contributed by atoms with Crippen molar-refractivity contribution in [2.24, 2.45) is 0 Å². The van der Waals surface area contributed by atoms with E-state index in [1.165, 1.54) is 6.07 Å². The fourth-order valence-electron chi connectivity index (χ4n) is 2.13. The molecule has 1 saturated heterocycles. The molecule has 1 fully saturated rings. The van der Waals surface area contributed by atoms with Crippen molar-refractivity contribution in [3.63, 3.8) is 0 Å². The third kappa shape index (κ3) is 5.04. The summed E-state index contributed by atoms with van der Waals surface area (Å²) in [7, 11) is -10.0. The summed E-state index contributed by atoms with van der Waals surface area (Å²) >= 11 is 0. The quantitative estimate of drug-likeness (QED) is 0.300. The predicted molar refractivity (Wildman–Crippen MR) is 83.0 cm³/mol. The number of nitrogens with one attached hydrogen (secondary N) is 1. The molecule has 2 heterocycles. The smallest absolute Gasteiger partial charge is 0.386 e. The van der Waals surface area contributed by atoms with Crippen molar-refractivity contribution in [3.8, 4) is 0 Å². The highest BCUT2D eigenvalue weighted by atomic mass is 31.3. The Hall–Kier alpha value is -1.47. The zero-order chi connectivity index (χ0) is 19.7. The molecule has 0 bridgehead atoms. The molecule has 4 atom stereocenters. The number of aromatic nitrogens is 2. The number of nitrogens with zero attached hydrogens (tertiary/aromatic N) is 2. The first-order chi connectivity index (χ1) is 11.9. The predicted octanol–water partition coefficient (Wildman–Crippen LogP) is -1.26. The number of aliphatic hydroxyl groups excluding tert-OH is 1. The van der Waals surface area contributed by atoms with Gasteiger partial charge in [-0.25, -0.2) is 18.3 Å². The molecule has 0 aromatic carbocycles. The maximum atomic E-state index is 13.1. The number of rotatable bonds is 6. The summed E-state index contributed by atoms with van der Waals surface area (Å²) in [6, 6.07) is 1.22. The first-order valence-corrected chi connectivity index (χ1v) is 9.93. The Morgan fingerprint density at radius 1 is 1.46 bits per heavy atom. The van der Waals surface area contributed by atoms with Crippen LogP contribution in [0.4, 0.5) is 10.2 Å². The van der Waals surface area contributed by atoms with Crippen molar-refractivity contribution in [1.82, 2.24) is 14.4 Å². The average Bonchev–Trinajstić information content (AvgIpc) is 2.79. The second-order valence-corrected chi connectivity index (χ2v) is 8.27. The number of anilines is 1. The molecule has 146 valence electrons. The van der Waals surface area contributed by atoms with Gasteiger partial charge in [0.2, 0.25) is 0 Å². The van der Waals surface area contributed by atoms with Gasteiger partial charge in [0.1, 0.15) is 18.0 Å². The van der Waals surface area contributed by atoms with Crippen LogP contribution in [0.25, 0.3) is 0 Å². The van der Waals surface area contributed by atoms with E-state index in [1.54, 1.807) is 0 Å². The van der Waals surface area contributed by atoms with Gasteiger partial charge in [-0.15, -0.1) is 4.86 Å². The molecule has 13 nitrogen and oxygen atoms in total. The second-order valence-electron chi connectivity index (χ2n) is 5.08. The van der Waals surface area contributed by atoms with Crippen LogP contribution < -0.4 is 16.3 Å². The summed E-state index contributed by atoms with van der Waals surface area (Å²) < 4.78 is 45.8. The number of halogens is 1. The van der Waals surface area contributed by atoms with Crippen molar-refractivity contribution >= 4 is 21.3 Å². The highest BCUT2D eigenvalue weighted by Gasteiger charge is 2.42. The van der Waals surface area contributed by atoms with Crippen LogP contribution in [0.15, 0.2) is 29.0 Å². The summed E-state index contributed by atoms with van der Waals surface area (Å²) in [5.41, 5.74) is 4.04. The molecule has 2 rings (SSSR count). The zero-order valence-electron chi connectivity index (χ0n) is 12.7. The van der Waals surface area contributed by atoms with Crippen LogP contribution in [-0.4, -0.2) is 48.2 Å². The van der Waals surface area contributed by atoms with E-state index >= 15 is 0 Å². The molecule has 16 heteroatoms. The Labute approximate surface area is 144 Å². The van der Waals surface area contributed by atoms with Gasteiger partial charge in [0.15, 0.2) is 6.23 Å². The van der Waals surface area contributed by atoms with E-state index in [9.17, 15) is 28.3 Å². The van der Waals surface area contributed by atoms with Crippen molar-refractivity contribution in [2.75, 3.05) is 12.3 Å². The third-order valence-electron chi connectivity index (χ3n) is 3.18. The van der Waals surface area contributed by atoms with E-state index in [0.717, 1.165) is 15.6 Å². The van der Waals surface area contributed by atoms with Crippen molar-refractivity contribution in [2.45, 2.75) is 18.4 Å². The molecule has 1 aromatic heterocycles. The van der Waals surface area contributed by atoms with Gasteiger partial charge in [0.05, 0.1) is 12.9 Å². The summed E-state index contributed by atoms with van der Waals surface area (Å²) in [6.07, 6.45) is -3.40. The van der Waals surface area contributed by atoms with Crippen LogP contribution in [0.2, 0.25) is 0 Å². The second kappa shape index (κ2) is 7.64. The van der Waals surface area contributed by atoms with Crippen LogP contribution in [-0.2, 0) is 18.4 Å². The molecular weight excluding hydrogens is 401 g/mol. The molecule has 1 unspecified atom stereocenters. The van der Waals surface area contributed by atoms with E-state index in [1.807, 2.05) is 0 Å². The molecule has 0 saturated carbocycles. The summed E-state index contributed by atoms with van der Waals surface area (Å²) in [4.78, 5) is 42.8. The van der Waals surface area contributed by atoms with E-state index in [0.29, 0.717) is 0 Å². The van der Waals surface area contributed by atoms with Gasteiger partial charge in [-0.3, -0.25) is 9.09 Å². The summed E-state index contributed by atoms with van der Waals surface area (Å²) in [5, 5.41) is 10.0. The van der Waals surface area contributed by atoms with E-state index in [2.05, 4.69) is 9.51 Å². The third-order valence-corrected chi connectivity index (χ3v) is 5.74. The molecule has 1 aliphatic rings. The number of hydrogen-bond donors (Lipinski definition) is 6. The van der Waals surface area contributed by atoms with Crippen LogP contribution in [0, 0.1) is 0 Å². The topological polar surface area (TPSA) is 206 Å². The van der Waals surface area contributed by atoms with Gasteiger partial charge in [-0.05, 0) is 6.07 Å². The monoisotopic (exact) mass is 416 g/mol. The van der Waals surface area contributed by atoms with Crippen molar-refractivity contribution < 1.29 is 42.6 Å². The lowest BCUT2D eigenvalue weighted by Crippen LogP contribution is -2.28. The van der Waals surface area contributed by atoms with Crippen LogP contribution in [0.1, 0.15) is 6.23 Å². The van der Waals surface area contributed by atoms with Crippen molar-refractivity contribution in [1.29, 1.82) is 0 Å². The molecule has 0 aliphatic carbocycles. The number of ether oxygens (including phenoxy) is 1. The number of hydrogen-bond acceptors (Lipinski definition) is 8. The Balaban J connectivity index is 2.16. The van der Waals surface area contributed by atoms with Gasteiger partial charge in [-0.1, -0.05) is 0 Å². The molecule has 0 radical (unpaired) electrons. The first-order valence-electron chi connectivity index (χ1n) is 6.74. The minimum atomic E-state index is -5.08. The Morgan fingerprint density at radius 2 is 2.12 bits per heavy atom. The molecule has 7 N–H and O–H groups in total. The minimum absolute atomic E-state index is 0.00936.